The van der Waals surface area contributed by atoms with Gasteiger partial charge in [-0.1, -0.05) is 0 Å². The number of thiazole rings is 1. The Morgan fingerprint density at radius 3 is 2.83 bits per heavy atom. The molecular formula is C20H19N3O5S. The molecule has 0 radical (unpaired) electrons. The average Bonchev–Trinajstić information content (AvgIpc) is 3.43. The highest BCUT2D eigenvalue weighted by atomic mass is 32.1. The fourth-order valence-corrected chi connectivity index (χ4v) is 3.53. The maximum Gasteiger partial charge on any atom is 0.286 e. The lowest BCUT2D eigenvalue weighted by Crippen LogP contribution is -2.25. The van der Waals surface area contributed by atoms with E-state index in [4.69, 9.17) is 13.9 Å². The Bertz CT molecular complexity index is 999. The van der Waals surface area contributed by atoms with Gasteiger partial charge < -0.3 is 24.5 Å². The van der Waals surface area contributed by atoms with E-state index in [-0.39, 0.29) is 24.0 Å². The van der Waals surface area contributed by atoms with Crippen molar-refractivity contribution in [2.45, 2.75) is 12.8 Å². The molecule has 0 unspecified atom stereocenters. The van der Waals surface area contributed by atoms with E-state index >= 15 is 0 Å². The van der Waals surface area contributed by atoms with Gasteiger partial charge in [-0.05, 0) is 36.8 Å². The van der Waals surface area contributed by atoms with Gasteiger partial charge in [-0.25, -0.2) is 4.98 Å². The number of nitrogens with zero attached hydrogens (tertiary/aromatic N) is 1. The number of nitrogens with one attached hydrogen (secondary N) is 2. The zero-order chi connectivity index (χ0) is 20.1. The Hall–Kier alpha value is -3.33. The predicted octanol–water partition coefficient (Wildman–Crippen LogP) is 3.32. The number of rotatable bonds is 7. The summed E-state index contributed by atoms with van der Waals surface area (Å²) in [6.07, 6.45) is 2.23. The molecule has 1 aromatic carbocycles. The van der Waals surface area contributed by atoms with Crippen LogP contribution in [-0.4, -0.2) is 36.6 Å². The lowest BCUT2D eigenvalue weighted by atomic mass is 10.1. The van der Waals surface area contributed by atoms with Crippen LogP contribution in [0.4, 0.5) is 5.13 Å². The van der Waals surface area contributed by atoms with Crippen LogP contribution in [0, 0.1) is 0 Å². The number of anilines is 1. The molecule has 1 aliphatic heterocycles. The van der Waals surface area contributed by atoms with Gasteiger partial charge in [0.2, 0.25) is 5.91 Å². The molecule has 3 heterocycles. The number of carbonyl (C=O) groups is 2. The van der Waals surface area contributed by atoms with E-state index in [1.165, 1.54) is 17.6 Å². The topological polar surface area (TPSA) is 103 Å². The van der Waals surface area contributed by atoms with Crippen molar-refractivity contribution in [3.63, 3.8) is 0 Å². The Balaban J connectivity index is 1.25. The van der Waals surface area contributed by atoms with Crippen molar-refractivity contribution < 1.29 is 23.5 Å². The summed E-state index contributed by atoms with van der Waals surface area (Å²) in [5.74, 6) is 1.23. The SMILES string of the molecule is O=C(CCCNC(=O)c1ccco1)Nc1nc(-c2ccc3c(c2)OCCO3)cs1. The van der Waals surface area contributed by atoms with Gasteiger partial charge in [0, 0.05) is 23.9 Å². The van der Waals surface area contributed by atoms with Crippen molar-refractivity contribution in [1.29, 1.82) is 0 Å². The molecule has 9 heteroatoms. The van der Waals surface area contributed by atoms with Crippen LogP contribution >= 0.6 is 11.3 Å². The third kappa shape index (κ3) is 4.75. The second-order valence-electron chi connectivity index (χ2n) is 6.28. The highest BCUT2D eigenvalue weighted by Gasteiger charge is 2.14. The molecule has 29 heavy (non-hydrogen) atoms. The number of ether oxygens (including phenoxy) is 2. The van der Waals surface area contributed by atoms with Crippen LogP contribution in [0.15, 0.2) is 46.4 Å². The number of furan rings is 1. The average molecular weight is 413 g/mol. The molecule has 0 atom stereocenters. The van der Waals surface area contributed by atoms with E-state index in [0.717, 1.165) is 17.0 Å². The van der Waals surface area contributed by atoms with Crippen molar-refractivity contribution in [2.75, 3.05) is 25.1 Å². The zero-order valence-corrected chi connectivity index (χ0v) is 16.3. The predicted molar refractivity (Wildman–Crippen MR) is 107 cm³/mol. The molecule has 150 valence electrons. The number of benzene rings is 1. The normalized spacial score (nSPS) is 12.4. The van der Waals surface area contributed by atoms with Crippen LogP contribution < -0.4 is 20.1 Å². The molecule has 3 aromatic rings. The number of fused-ring (bicyclic) bond motifs is 1. The lowest BCUT2D eigenvalue weighted by Gasteiger charge is -2.18. The summed E-state index contributed by atoms with van der Waals surface area (Å²) in [7, 11) is 0. The smallest absolute Gasteiger partial charge is 0.286 e. The Morgan fingerprint density at radius 1 is 1.14 bits per heavy atom. The summed E-state index contributed by atoms with van der Waals surface area (Å²) in [5, 5.41) is 7.91. The highest BCUT2D eigenvalue weighted by molar-refractivity contribution is 7.14. The maximum absolute atomic E-state index is 12.1. The van der Waals surface area contributed by atoms with Crippen molar-refractivity contribution in [3.8, 4) is 22.8 Å². The first kappa shape index (κ1) is 19.0. The summed E-state index contributed by atoms with van der Waals surface area (Å²) in [4.78, 5) is 28.3. The lowest BCUT2D eigenvalue weighted by molar-refractivity contribution is -0.116. The fourth-order valence-electron chi connectivity index (χ4n) is 2.79. The number of hydrogen-bond donors (Lipinski definition) is 2. The van der Waals surface area contributed by atoms with Crippen molar-refractivity contribution >= 4 is 28.3 Å². The summed E-state index contributed by atoms with van der Waals surface area (Å²) < 4.78 is 16.1. The molecule has 8 nitrogen and oxygen atoms in total. The molecule has 4 rings (SSSR count). The molecule has 2 N–H and O–H groups in total. The first-order valence-corrected chi connectivity index (χ1v) is 10.0. The largest absolute Gasteiger partial charge is 0.486 e. The first-order valence-electron chi connectivity index (χ1n) is 9.16. The molecule has 0 saturated carbocycles. The highest BCUT2D eigenvalue weighted by Crippen LogP contribution is 2.35. The standard InChI is InChI=1S/C20H19N3O5S/c24-18(4-1-7-21-19(25)16-3-2-8-26-16)23-20-22-14(12-29-20)13-5-6-15-17(11-13)28-10-9-27-15/h2-3,5-6,8,11-12H,1,4,7,9-10H2,(H,21,25)(H,22,23,24). The molecule has 0 bridgehead atoms. The minimum Gasteiger partial charge on any atom is -0.486 e. The third-order valence-electron chi connectivity index (χ3n) is 4.20. The van der Waals surface area contributed by atoms with Gasteiger partial charge in [0.15, 0.2) is 22.4 Å². The van der Waals surface area contributed by atoms with Gasteiger partial charge in [0.05, 0.1) is 12.0 Å². The van der Waals surface area contributed by atoms with E-state index < -0.39 is 0 Å². The van der Waals surface area contributed by atoms with Crippen LogP contribution in [0.3, 0.4) is 0 Å². The number of hydrogen-bond acceptors (Lipinski definition) is 7. The number of carbonyl (C=O) groups excluding carboxylic acids is 2. The Kier molecular flexibility index (Phi) is 5.76. The molecular weight excluding hydrogens is 394 g/mol. The van der Waals surface area contributed by atoms with E-state index in [9.17, 15) is 9.59 Å². The second-order valence-corrected chi connectivity index (χ2v) is 7.14. The fraction of sp³-hybridized carbons (Fsp3) is 0.250. The molecule has 0 saturated heterocycles. The quantitative estimate of drug-likeness (QED) is 0.576. The molecule has 0 fully saturated rings. The maximum atomic E-state index is 12.1. The second kappa shape index (κ2) is 8.78. The molecule has 1 aliphatic rings. The van der Waals surface area contributed by atoms with E-state index in [2.05, 4.69) is 15.6 Å². The first-order chi connectivity index (χ1) is 14.2. The third-order valence-corrected chi connectivity index (χ3v) is 4.96. The molecule has 2 amide bonds. The minimum atomic E-state index is -0.292. The van der Waals surface area contributed by atoms with Crippen LogP contribution in [0.25, 0.3) is 11.3 Å². The van der Waals surface area contributed by atoms with Crippen LogP contribution in [0.5, 0.6) is 11.5 Å². The van der Waals surface area contributed by atoms with E-state index in [0.29, 0.717) is 37.1 Å². The summed E-state index contributed by atoms with van der Waals surface area (Å²) in [5.41, 5.74) is 1.65. The van der Waals surface area contributed by atoms with Gasteiger partial charge in [-0.3, -0.25) is 9.59 Å². The molecule has 2 aromatic heterocycles. The number of aromatic nitrogens is 1. The zero-order valence-electron chi connectivity index (χ0n) is 15.5. The van der Waals surface area contributed by atoms with Crippen molar-refractivity contribution in [2.24, 2.45) is 0 Å². The monoisotopic (exact) mass is 413 g/mol. The summed E-state index contributed by atoms with van der Waals surface area (Å²) in [6.45, 7) is 1.45. The molecule has 0 spiro atoms. The van der Waals surface area contributed by atoms with Crippen molar-refractivity contribution in [1.82, 2.24) is 10.3 Å². The van der Waals surface area contributed by atoms with Crippen LogP contribution in [-0.2, 0) is 4.79 Å². The van der Waals surface area contributed by atoms with Gasteiger partial charge in [-0.2, -0.15) is 0 Å². The van der Waals surface area contributed by atoms with E-state index in [1.807, 2.05) is 23.6 Å². The molecule has 0 aliphatic carbocycles. The van der Waals surface area contributed by atoms with Gasteiger partial charge in [0.25, 0.3) is 5.91 Å². The summed E-state index contributed by atoms with van der Waals surface area (Å²) >= 11 is 1.36. The van der Waals surface area contributed by atoms with Gasteiger partial charge in [0.1, 0.15) is 13.2 Å². The van der Waals surface area contributed by atoms with Gasteiger partial charge in [-0.15, -0.1) is 11.3 Å². The summed E-state index contributed by atoms with van der Waals surface area (Å²) in [6, 6.07) is 8.89. The van der Waals surface area contributed by atoms with Crippen LogP contribution in [0.2, 0.25) is 0 Å². The van der Waals surface area contributed by atoms with Gasteiger partial charge >= 0.3 is 0 Å². The Labute approximate surface area is 170 Å². The van der Waals surface area contributed by atoms with Crippen molar-refractivity contribution in [3.05, 3.63) is 47.7 Å². The minimum absolute atomic E-state index is 0.152. The number of amides is 2. The van der Waals surface area contributed by atoms with E-state index in [1.54, 1.807) is 12.1 Å². The Morgan fingerprint density at radius 2 is 2.00 bits per heavy atom. The van der Waals surface area contributed by atoms with Crippen LogP contribution in [0.1, 0.15) is 23.4 Å².